The molecule has 0 fully saturated rings. The van der Waals surface area contributed by atoms with E-state index in [0.717, 1.165) is 12.1 Å². The maximum absolute atomic E-state index is 13.4. The largest absolute Gasteiger partial charge is 0.416 e. The molecule has 0 bridgehead atoms. The summed E-state index contributed by atoms with van der Waals surface area (Å²) in [4.78, 5) is 0. The molecule has 2 aromatic rings. The van der Waals surface area contributed by atoms with Crippen LogP contribution < -0.4 is 0 Å². The molecule has 0 amide bonds. The van der Waals surface area contributed by atoms with Crippen LogP contribution in [0.3, 0.4) is 0 Å². The summed E-state index contributed by atoms with van der Waals surface area (Å²) in [5, 5.41) is -0.510. The first-order chi connectivity index (χ1) is 9.77. The first-order valence-electron chi connectivity index (χ1n) is 6.02. The predicted molar refractivity (Wildman–Crippen MR) is 77.8 cm³/mol. The number of rotatable bonds is 3. The molecule has 112 valence electrons. The van der Waals surface area contributed by atoms with Crippen molar-refractivity contribution in [2.24, 2.45) is 0 Å². The fourth-order valence-electron chi connectivity index (χ4n) is 1.86. The van der Waals surface area contributed by atoms with Gasteiger partial charge in [-0.15, -0.1) is 11.6 Å². The standard InChI is InChI=1S/C15H10BrClF4/c16-12-6-3-10(8-14(12)18)13(17)7-9-1-4-11(5-2-9)15(19,20)21/h1-6,8,13H,7H2. The van der Waals surface area contributed by atoms with E-state index in [1.807, 2.05) is 0 Å². The van der Waals surface area contributed by atoms with Gasteiger partial charge in [0.05, 0.1) is 15.4 Å². The van der Waals surface area contributed by atoms with Gasteiger partial charge in [-0.05, 0) is 57.7 Å². The van der Waals surface area contributed by atoms with Crippen LogP contribution in [-0.2, 0) is 12.6 Å². The normalized spacial score (nSPS) is 13.2. The van der Waals surface area contributed by atoms with Gasteiger partial charge in [-0.1, -0.05) is 18.2 Å². The molecule has 1 atom stereocenters. The van der Waals surface area contributed by atoms with Gasteiger partial charge < -0.3 is 0 Å². The molecule has 0 saturated heterocycles. The van der Waals surface area contributed by atoms with Crippen molar-refractivity contribution in [3.8, 4) is 0 Å². The van der Waals surface area contributed by atoms with Crippen LogP contribution in [0.25, 0.3) is 0 Å². The zero-order chi connectivity index (χ0) is 15.6. The Kier molecular flexibility index (Phi) is 4.94. The van der Waals surface area contributed by atoms with E-state index in [2.05, 4.69) is 15.9 Å². The first-order valence-corrected chi connectivity index (χ1v) is 7.25. The van der Waals surface area contributed by atoms with Crippen LogP contribution in [0.1, 0.15) is 22.1 Å². The topological polar surface area (TPSA) is 0 Å². The third kappa shape index (κ3) is 4.20. The lowest BCUT2D eigenvalue weighted by molar-refractivity contribution is -0.137. The molecule has 2 aromatic carbocycles. The fraction of sp³-hybridized carbons (Fsp3) is 0.200. The number of benzene rings is 2. The van der Waals surface area contributed by atoms with Crippen molar-refractivity contribution in [2.75, 3.05) is 0 Å². The predicted octanol–water partition coefficient (Wildman–Crippen LogP) is 6.13. The van der Waals surface area contributed by atoms with Crippen molar-refractivity contribution in [3.05, 3.63) is 69.4 Å². The summed E-state index contributed by atoms with van der Waals surface area (Å²) < 4.78 is 51.1. The fourth-order valence-corrected chi connectivity index (χ4v) is 2.42. The molecule has 21 heavy (non-hydrogen) atoms. The van der Waals surface area contributed by atoms with Gasteiger partial charge in [-0.2, -0.15) is 13.2 Å². The van der Waals surface area contributed by atoms with E-state index in [1.165, 1.54) is 18.2 Å². The second-order valence-electron chi connectivity index (χ2n) is 4.54. The van der Waals surface area contributed by atoms with Crippen molar-refractivity contribution in [1.82, 2.24) is 0 Å². The van der Waals surface area contributed by atoms with E-state index in [4.69, 9.17) is 11.6 Å². The second-order valence-corrected chi connectivity index (χ2v) is 5.92. The van der Waals surface area contributed by atoms with Gasteiger partial charge in [0.15, 0.2) is 0 Å². The molecule has 0 aliphatic rings. The van der Waals surface area contributed by atoms with Crippen molar-refractivity contribution in [1.29, 1.82) is 0 Å². The minimum Gasteiger partial charge on any atom is -0.206 e. The average molecular weight is 382 g/mol. The van der Waals surface area contributed by atoms with Gasteiger partial charge in [0.25, 0.3) is 0 Å². The van der Waals surface area contributed by atoms with Crippen LogP contribution in [0.5, 0.6) is 0 Å². The van der Waals surface area contributed by atoms with E-state index in [1.54, 1.807) is 12.1 Å². The SMILES string of the molecule is Fc1cc(C(Cl)Cc2ccc(C(F)(F)F)cc2)ccc1Br. The molecule has 0 spiro atoms. The zero-order valence-corrected chi connectivity index (χ0v) is 12.9. The average Bonchev–Trinajstić information content (AvgIpc) is 2.41. The minimum absolute atomic E-state index is 0.320. The van der Waals surface area contributed by atoms with E-state index >= 15 is 0 Å². The Morgan fingerprint density at radius 3 is 2.19 bits per heavy atom. The van der Waals surface area contributed by atoms with Crippen LogP contribution in [0.2, 0.25) is 0 Å². The molecular formula is C15H10BrClF4. The smallest absolute Gasteiger partial charge is 0.206 e. The maximum Gasteiger partial charge on any atom is 0.416 e. The summed E-state index contributed by atoms with van der Waals surface area (Å²) in [6, 6.07) is 9.33. The molecule has 0 aliphatic carbocycles. The highest BCUT2D eigenvalue weighted by Gasteiger charge is 2.30. The highest BCUT2D eigenvalue weighted by atomic mass is 79.9. The Labute approximate surface area is 132 Å². The van der Waals surface area contributed by atoms with Gasteiger partial charge in [-0.25, -0.2) is 4.39 Å². The second kappa shape index (κ2) is 6.36. The number of hydrogen-bond donors (Lipinski definition) is 0. The van der Waals surface area contributed by atoms with Gasteiger partial charge in [-0.3, -0.25) is 0 Å². The number of alkyl halides is 4. The molecule has 0 saturated carbocycles. The summed E-state index contributed by atoms with van der Waals surface area (Å²) in [7, 11) is 0. The molecule has 0 N–H and O–H groups in total. The molecule has 0 radical (unpaired) electrons. The van der Waals surface area contributed by atoms with Crippen molar-refractivity contribution < 1.29 is 17.6 Å². The third-order valence-corrected chi connectivity index (χ3v) is 4.05. The lowest BCUT2D eigenvalue weighted by Gasteiger charge is -2.12. The van der Waals surface area contributed by atoms with Crippen LogP contribution in [-0.4, -0.2) is 0 Å². The van der Waals surface area contributed by atoms with Crippen LogP contribution in [0, 0.1) is 5.82 Å². The van der Waals surface area contributed by atoms with Crippen molar-refractivity contribution in [3.63, 3.8) is 0 Å². The Balaban J connectivity index is 2.12. The molecule has 6 heteroatoms. The molecule has 2 rings (SSSR count). The molecular weight excluding hydrogens is 372 g/mol. The van der Waals surface area contributed by atoms with E-state index in [0.29, 0.717) is 22.0 Å². The summed E-state index contributed by atoms with van der Waals surface area (Å²) in [6.45, 7) is 0. The van der Waals surface area contributed by atoms with Gasteiger partial charge in [0.1, 0.15) is 5.82 Å². The lowest BCUT2D eigenvalue weighted by atomic mass is 10.0. The van der Waals surface area contributed by atoms with Gasteiger partial charge in [0, 0.05) is 0 Å². The number of halogens is 6. The summed E-state index contributed by atoms with van der Waals surface area (Å²) >= 11 is 9.24. The Hall–Kier alpha value is -1.07. The van der Waals surface area contributed by atoms with E-state index < -0.39 is 22.9 Å². The first kappa shape index (κ1) is 16.3. The molecule has 0 aliphatic heterocycles. The molecule has 0 heterocycles. The number of hydrogen-bond acceptors (Lipinski definition) is 0. The summed E-state index contributed by atoms with van der Waals surface area (Å²) in [5.41, 5.74) is 0.538. The van der Waals surface area contributed by atoms with E-state index in [9.17, 15) is 17.6 Å². The van der Waals surface area contributed by atoms with Crippen LogP contribution in [0.15, 0.2) is 46.9 Å². The Morgan fingerprint density at radius 2 is 1.67 bits per heavy atom. The van der Waals surface area contributed by atoms with E-state index in [-0.39, 0.29) is 0 Å². The van der Waals surface area contributed by atoms with Crippen molar-refractivity contribution >= 4 is 27.5 Å². The highest BCUT2D eigenvalue weighted by molar-refractivity contribution is 9.10. The lowest BCUT2D eigenvalue weighted by Crippen LogP contribution is -2.05. The Morgan fingerprint density at radius 1 is 1.05 bits per heavy atom. The van der Waals surface area contributed by atoms with Gasteiger partial charge >= 0.3 is 6.18 Å². The quantitative estimate of drug-likeness (QED) is 0.443. The summed E-state index contributed by atoms with van der Waals surface area (Å²) in [5.74, 6) is -0.425. The van der Waals surface area contributed by atoms with Crippen molar-refractivity contribution in [2.45, 2.75) is 18.0 Å². The third-order valence-electron chi connectivity index (χ3n) is 3.00. The maximum atomic E-state index is 13.4. The minimum atomic E-state index is -4.35. The molecule has 0 nitrogen and oxygen atoms in total. The monoisotopic (exact) mass is 380 g/mol. The van der Waals surface area contributed by atoms with Gasteiger partial charge in [0.2, 0.25) is 0 Å². The molecule has 0 aromatic heterocycles. The van der Waals surface area contributed by atoms with Crippen LogP contribution >= 0.6 is 27.5 Å². The molecule has 1 unspecified atom stereocenters. The Bertz CT molecular complexity index is 623. The van der Waals surface area contributed by atoms with Crippen LogP contribution in [0.4, 0.5) is 17.6 Å². The summed E-state index contributed by atoms with van der Waals surface area (Å²) in [6.07, 6.45) is -4.03. The highest BCUT2D eigenvalue weighted by Crippen LogP contribution is 2.31. The zero-order valence-electron chi connectivity index (χ0n) is 10.6.